The van der Waals surface area contributed by atoms with Crippen molar-refractivity contribution in [3.63, 3.8) is 0 Å². The summed E-state index contributed by atoms with van der Waals surface area (Å²) in [7, 11) is 0. The van der Waals surface area contributed by atoms with Crippen LogP contribution in [0, 0.1) is 6.92 Å². The Labute approximate surface area is 109 Å². The molecule has 1 aliphatic heterocycles. The van der Waals surface area contributed by atoms with Crippen molar-refractivity contribution in [2.45, 2.75) is 25.3 Å². The Morgan fingerprint density at radius 2 is 2.22 bits per heavy atom. The number of aromatic nitrogens is 1. The van der Waals surface area contributed by atoms with Gasteiger partial charge in [-0.25, -0.2) is 9.78 Å². The van der Waals surface area contributed by atoms with Crippen LogP contribution < -0.4 is 0 Å². The summed E-state index contributed by atoms with van der Waals surface area (Å²) in [6.45, 7) is 3.63. The fourth-order valence-electron chi connectivity index (χ4n) is 1.94. The highest BCUT2D eigenvalue weighted by atomic mass is 32.2. The monoisotopic (exact) mass is 266 g/mol. The molecule has 2 atom stereocenters. The summed E-state index contributed by atoms with van der Waals surface area (Å²) in [6, 6.07) is 4.40. The summed E-state index contributed by atoms with van der Waals surface area (Å²) >= 11 is 1.47. The molecule has 0 radical (unpaired) electrons. The predicted octanol–water partition coefficient (Wildman–Crippen LogP) is 1.38. The van der Waals surface area contributed by atoms with Crippen LogP contribution in [0.2, 0.25) is 0 Å². The Balaban J connectivity index is 2.29. The van der Waals surface area contributed by atoms with Crippen LogP contribution >= 0.6 is 11.8 Å². The summed E-state index contributed by atoms with van der Waals surface area (Å²) in [6.07, 6.45) is 0. The number of aliphatic carboxylic acids is 1. The van der Waals surface area contributed by atoms with Crippen LogP contribution in [0.25, 0.3) is 0 Å². The third kappa shape index (κ3) is 2.33. The van der Waals surface area contributed by atoms with Gasteiger partial charge in [-0.05, 0) is 26.0 Å². The van der Waals surface area contributed by atoms with Crippen molar-refractivity contribution in [3.8, 4) is 0 Å². The maximum atomic E-state index is 12.3. The zero-order chi connectivity index (χ0) is 13.3. The number of aryl methyl sites for hydroxylation is 1. The Kier molecular flexibility index (Phi) is 3.56. The summed E-state index contributed by atoms with van der Waals surface area (Å²) in [4.78, 5) is 29.0. The van der Waals surface area contributed by atoms with E-state index in [1.54, 1.807) is 25.1 Å². The first-order valence-corrected chi connectivity index (χ1v) is 6.66. The Hall–Kier alpha value is -1.56. The zero-order valence-corrected chi connectivity index (χ0v) is 11.0. The van der Waals surface area contributed by atoms with E-state index < -0.39 is 12.0 Å². The predicted molar refractivity (Wildman–Crippen MR) is 68.5 cm³/mol. The minimum Gasteiger partial charge on any atom is -0.480 e. The average Bonchev–Trinajstić information content (AvgIpc) is 2.70. The van der Waals surface area contributed by atoms with Crippen molar-refractivity contribution in [2.75, 3.05) is 5.75 Å². The van der Waals surface area contributed by atoms with Crippen LogP contribution in [0.15, 0.2) is 18.2 Å². The third-order valence-electron chi connectivity index (χ3n) is 2.85. The average molecular weight is 266 g/mol. The summed E-state index contributed by atoms with van der Waals surface area (Å²) < 4.78 is 0. The van der Waals surface area contributed by atoms with Crippen LogP contribution in [0.5, 0.6) is 0 Å². The normalized spacial score (nSPS) is 23.1. The lowest BCUT2D eigenvalue weighted by molar-refractivity contribution is -0.141. The first kappa shape index (κ1) is 12.9. The van der Waals surface area contributed by atoms with Gasteiger partial charge in [-0.3, -0.25) is 4.79 Å². The molecule has 0 aromatic carbocycles. The van der Waals surface area contributed by atoms with Gasteiger partial charge in [-0.15, -0.1) is 11.8 Å². The van der Waals surface area contributed by atoms with Crippen LogP contribution in [0.1, 0.15) is 23.1 Å². The van der Waals surface area contributed by atoms with Crippen molar-refractivity contribution in [1.82, 2.24) is 9.88 Å². The maximum Gasteiger partial charge on any atom is 0.327 e. The molecule has 18 heavy (non-hydrogen) atoms. The SMILES string of the molecule is Cc1cccc(C(=O)N2C(C)SCC2C(=O)O)n1. The number of carbonyl (C=O) groups excluding carboxylic acids is 1. The number of carboxylic acid groups (broad SMARTS) is 1. The third-order valence-corrected chi connectivity index (χ3v) is 4.07. The van der Waals surface area contributed by atoms with E-state index in [0.717, 1.165) is 5.69 Å². The lowest BCUT2D eigenvalue weighted by Crippen LogP contribution is -2.45. The van der Waals surface area contributed by atoms with Crippen molar-refractivity contribution in [1.29, 1.82) is 0 Å². The second kappa shape index (κ2) is 4.97. The molecule has 1 aromatic rings. The second-order valence-corrected chi connectivity index (χ2v) is 5.51. The number of amides is 1. The first-order valence-electron chi connectivity index (χ1n) is 5.61. The van der Waals surface area contributed by atoms with Gasteiger partial charge in [0.15, 0.2) is 0 Å². The van der Waals surface area contributed by atoms with Gasteiger partial charge in [0, 0.05) is 11.4 Å². The molecule has 0 bridgehead atoms. The highest BCUT2D eigenvalue weighted by Crippen LogP contribution is 2.30. The maximum absolute atomic E-state index is 12.3. The molecule has 1 amide bonds. The molecule has 0 saturated carbocycles. The molecule has 0 aliphatic carbocycles. The molecular formula is C12H14N2O3S. The van der Waals surface area contributed by atoms with Crippen molar-refractivity contribution < 1.29 is 14.7 Å². The van der Waals surface area contributed by atoms with Gasteiger partial charge in [0.25, 0.3) is 5.91 Å². The molecule has 2 rings (SSSR count). The molecule has 1 aliphatic rings. The Morgan fingerprint density at radius 1 is 1.50 bits per heavy atom. The van der Waals surface area contributed by atoms with Gasteiger partial charge in [0.2, 0.25) is 0 Å². The minimum atomic E-state index is -0.965. The molecule has 1 fully saturated rings. The van der Waals surface area contributed by atoms with E-state index in [9.17, 15) is 9.59 Å². The number of carbonyl (C=O) groups is 2. The zero-order valence-electron chi connectivity index (χ0n) is 10.2. The highest BCUT2D eigenvalue weighted by molar-refractivity contribution is 8.00. The van der Waals surface area contributed by atoms with Crippen LogP contribution in [-0.4, -0.2) is 44.0 Å². The standard InChI is InChI=1S/C12H14N2O3S/c1-7-4-3-5-9(13-7)11(15)14-8(2)18-6-10(14)12(16)17/h3-5,8,10H,6H2,1-2H3,(H,16,17). The van der Waals surface area contributed by atoms with Gasteiger partial charge < -0.3 is 10.0 Å². The van der Waals surface area contributed by atoms with Gasteiger partial charge >= 0.3 is 5.97 Å². The smallest absolute Gasteiger partial charge is 0.327 e. The number of nitrogens with zero attached hydrogens (tertiary/aromatic N) is 2. The van der Waals surface area contributed by atoms with Gasteiger partial charge in [-0.2, -0.15) is 0 Å². The number of rotatable bonds is 2. The second-order valence-electron chi connectivity index (χ2n) is 4.16. The van der Waals surface area contributed by atoms with Crippen LogP contribution in [-0.2, 0) is 4.79 Å². The van der Waals surface area contributed by atoms with Crippen molar-refractivity contribution >= 4 is 23.6 Å². The molecular weight excluding hydrogens is 252 g/mol. The summed E-state index contributed by atoms with van der Waals surface area (Å²) in [5.74, 6) is -0.856. The highest BCUT2D eigenvalue weighted by Gasteiger charge is 2.40. The van der Waals surface area contributed by atoms with E-state index in [4.69, 9.17) is 5.11 Å². The molecule has 2 unspecified atom stereocenters. The molecule has 1 N–H and O–H groups in total. The lowest BCUT2D eigenvalue weighted by Gasteiger charge is -2.24. The molecule has 6 heteroatoms. The molecule has 1 aromatic heterocycles. The molecule has 5 nitrogen and oxygen atoms in total. The van der Waals surface area contributed by atoms with E-state index in [1.165, 1.54) is 16.7 Å². The Bertz CT molecular complexity index is 492. The minimum absolute atomic E-state index is 0.138. The number of carboxylic acids is 1. The van der Waals surface area contributed by atoms with Crippen molar-refractivity contribution in [2.24, 2.45) is 0 Å². The van der Waals surface area contributed by atoms with E-state index in [0.29, 0.717) is 11.4 Å². The van der Waals surface area contributed by atoms with E-state index in [1.807, 2.05) is 6.92 Å². The van der Waals surface area contributed by atoms with Crippen LogP contribution in [0.3, 0.4) is 0 Å². The number of pyridine rings is 1. The first-order chi connectivity index (χ1) is 8.50. The summed E-state index contributed by atoms with van der Waals surface area (Å²) in [5, 5.41) is 8.99. The number of thioether (sulfide) groups is 1. The molecule has 1 saturated heterocycles. The fourth-order valence-corrected chi connectivity index (χ4v) is 3.10. The fraction of sp³-hybridized carbons (Fsp3) is 0.417. The molecule has 0 spiro atoms. The van der Waals surface area contributed by atoms with E-state index >= 15 is 0 Å². The quantitative estimate of drug-likeness (QED) is 0.875. The topological polar surface area (TPSA) is 70.5 Å². The van der Waals surface area contributed by atoms with E-state index in [2.05, 4.69) is 4.98 Å². The number of hydrogen-bond acceptors (Lipinski definition) is 4. The number of hydrogen-bond donors (Lipinski definition) is 1. The van der Waals surface area contributed by atoms with Gasteiger partial charge in [0.05, 0.1) is 5.37 Å². The van der Waals surface area contributed by atoms with E-state index in [-0.39, 0.29) is 11.3 Å². The molecule has 2 heterocycles. The molecule has 96 valence electrons. The van der Waals surface area contributed by atoms with Crippen LogP contribution in [0.4, 0.5) is 0 Å². The van der Waals surface area contributed by atoms with Gasteiger partial charge in [0.1, 0.15) is 11.7 Å². The Morgan fingerprint density at radius 3 is 2.83 bits per heavy atom. The largest absolute Gasteiger partial charge is 0.480 e. The summed E-state index contributed by atoms with van der Waals surface area (Å²) in [5.41, 5.74) is 1.04. The lowest BCUT2D eigenvalue weighted by atomic mass is 10.2. The van der Waals surface area contributed by atoms with Crippen molar-refractivity contribution in [3.05, 3.63) is 29.6 Å². The van der Waals surface area contributed by atoms with Gasteiger partial charge in [-0.1, -0.05) is 6.07 Å².